The molecule has 31 heavy (non-hydrogen) atoms. The number of urea groups is 1. The highest BCUT2D eigenvalue weighted by Crippen LogP contribution is 2.24. The molecular weight excluding hydrogens is 402 g/mol. The summed E-state index contributed by atoms with van der Waals surface area (Å²) in [5.41, 5.74) is 1.04. The van der Waals surface area contributed by atoms with Crippen LogP contribution in [0.1, 0.15) is 25.8 Å². The number of rotatable bonds is 7. The van der Waals surface area contributed by atoms with Gasteiger partial charge in [0.2, 0.25) is 11.8 Å². The second kappa shape index (κ2) is 10.1. The molecule has 0 bridgehead atoms. The van der Waals surface area contributed by atoms with Gasteiger partial charge in [-0.3, -0.25) is 19.2 Å². The third-order valence-electron chi connectivity index (χ3n) is 5.44. The van der Waals surface area contributed by atoms with Gasteiger partial charge in [-0.15, -0.1) is 0 Å². The molecule has 3 heterocycles. The summed E-state index contributed by atoms with van der Waals surface area (Å²) in [6, 6.07) is -1.06. The number of nitrogens with zero attached hydrogens (tertiary/aromatic N) is 4. The first-order valence-corrected chi connectivity index (χ1v) is 10.6. The van der Waals surface area contributed by atoms with Crippen LogP contribution in [-0.2, 0) is 27.9 Å². The number of amides is 4. The number of methoxy groups -OCH3 is 1. The number of carbonyl (C=O) groups is 3. The molecule has 1 aromatic heterocycles. The van der Waals surface area contributed by atoms with Crippen LogP contribution < -0.4 is 16.0 Å². The van der Waals surface area contributed by atoms with Crippen LogP contribution in [0, 0.1) is 0 Å². The van der Waals surface area contributed by atoms with E-state index in [1.54, 1.807) is 15.8 Å². The number of fused-ring (bicyclic) bond motifs is 1. The second-order valence-corrected chi connectivity index (χ2v) is 8.62. The van der Waals surface area contributed by atoms with Crippen LogP contribution in [0.2, 0.25) is 0 Å². The number of hydrogen-bond donors (Lipinski definition) is 3. The van der Waals surface area contributed by atoms with E-state index < -0.39 is 6.04 Å². The Morgan fingerprint density at radius 2 is 2.03 bits per heavy atom. The lowest BCUT2D eigenvalue weighted by atomic mass is 10.1. The van der Waals surface area contributed by atoms with E-state index >= 15 is 0 Å². The van der Waals surface area contributed by atoms with Gasteiger partial charge in [0, 0.05) is 64.2 Å². The van der Waals surface area contributed by atoms with Gasteiger partial charge in [-0.05, 0) is 20.3 Å². The minimum Gasteiger partial charge on any atom is -0.375 e. The largest absolute Gasteiger partial charge is 0.375 e. The van der Waals surface area contributed by atoms with Crippen LogP contribution in [0.25, 0.3) is 0 Å². The summed E-state index contributed by atoms with van der Waals surface area (Å²) in [7, 11) is 3.30. The molecule has 2 aliphatic heterocycles. The smallest absolute Gasteiger partial charge is 0.315 e. The van der Waals surface area contributed by atoms with Crippen molar-refractivity contribution in [3.05, 3.63) is 18.0 Å². The molecule has 0 aliphatic carbocycles. The normalized spacial score (nSPS) is 24.1. The predicted octanol–water partition coefficient (Wildman–Crippen LogP) is -0.956. The first-order valence-electron chi connectivity index (χ1n) is 10.6. The van der Waals surface area contributed by atoms with Crippen LogP contribution in [0.4, 0.5) is 4.79 Å². The van der Waals surface area contributed by atoms with Crippen molar-refractivity contribution >= 4 is 17.8 Å². The number of aromatic nitrogens is 2. The van der Waals surface area contributed by atoms with E-state index in [1.165, 1.54) is 7.11 Å². The zero-order chi connectivity index (χ0) is 22.5. The maximum Gasteiger partial charge on any atom is 0.315 e. The monoisotopic (exact) mass is 435 g/mol. The Bertz CT molecular complexity index is 796. The van der Waals surface area contributed by atoms with Gasteiger partial charge in [0.15, 0.2) is 0 Å². The molecule has 3 N–H and O–H groups in total. The fourth-order valence-electron chi connectivity index (χ4n) is 4.28. The molecule has 2 saturated heterocycles. The fraction of sp³-hybridized carbons (Fsp3) is 0.700. The molecule has 0 radical (unpaired) electrons. The minimum atomic E-state index is -0.674. The lowest BCUT2D eigenvalue weighted by Gasteiger charge is -2.24. The van der Waals surface area contributed by atoms with Crippen molar-refractivity contribution < 1.29 is 19.1 Å². The highest BCUT2D eigenvalue weighted by atomic mass is 16.5. The van der Waals surface area contributed by atoms with Crippen LogP contribution in [0.3, 0.4) is 0 Å². The van der Waals surface area contributed by atoms with Crippen molar-refractivity contribution in [3.8, 4) is 0 Å². The Morgan fingerprint density at radius 1 is 1.26 bits per heavy atom. The minimum absolute atomic E-state index is 0.0316. The van der Waals surface area contributed by atoms with Gasteiger partial charge in [-0.1, -0.05) is 0 Å². The highest BCUT2D eigenvalue weighted by molar-refractivity contribution is 5.89. The van der Waals surface area contributed by atoms with Gasteiger partial charge in [0.05, 0.1) is 12.2 Å². The third-order valence-corrected chi connectivity index (χ3v) is 5.44. The molecule has 0 unspecified atom stereocenters. The topological polar surface area (TPSA) is 121 Å². The Labute approximate surface area is 182 Å². The fourth-order valence-corrected chi connectivity index (χ4v) is 4.28. The van der Waals surface area contributed by atoms with Gasteiger partial charge in [0.1, 0.15) is 12.6 Å². The van der Waals surface area contributed by atoms with Crippen molar-refractivity contribution in [3.63, 3.8) is 0 Å². The number of carbonyl (C=O) groups excluding carboxylic acids is 3. The number of hydrogen-bond acceptors (Lipinski definition) is 6. The van der Waals surface area contributed by atoms with Gasteiger partial charge in [-0.2, -0.15) is 5.10 Å². The molecule has 0 spiro atoms. The standard InChI is InChI=1S/C20H33N7O4/c1-13(2)22-20(30)23-15-5-16-10-26(8-14-6-21-25(3)7-14)11-17(19(29)27(16)9-15)24-18(28)12-31-4/h6-7,13,15-17H,5,8-12H2,1-4H3,(H,24,28)(H2,22,23,30)/t15-,16-,17-/m0/s1. The van der Waals surface area contributed by atoms with Gasteiger partial charge < -0.3 is 25.6 Å². The summed E-state index contributed by atoms with van der Waals surface area (Å²) in [6.07, 6.45) is 4.41. The van der Waals surface area contributed by atoms with Crippen LogP contribution in [-0.4, -0.2) is 94.9 Å². The van der Waals surface area contributed by atoms with E-state index in [0.717, 1.165) is 5.56 Å². The molecule has 2 fully saturated rings. The van der Waals surface area contributed by atoms with E-state index in [2.05, 4.69) is 25.9 Å². The molecular formula is C20H33N7O4. The molecule has 0 saturated carbocycles. The Kier molecular flexibility index (Phi) is 7.50. The van der Waals surface area contributed by atoms with E-state index in [4.69, 9.17) is 4.74 Å². The average molecular weight is 436 g/mol. The lowest BCUT2D eigenvalue weighted by Crippen LogP contribution is -2.52. The maximum absolute atomic E-state index is 13.3. The summed E-state index contributed by atoms with van der Waals surface area (Å²) in [5.74, 6) is -0.456. The molecule has 11 nitrogen and oxygen atoms in total. The van der Waals surface area contributed by atoms with E-state index in [0.29, 0.717) is 32.6 Å². The van der Waals surface area contributed by atoms with Crippen LogP contribution in [0.15, 0.2) is 12.4 Å². The molecule has 3 rings (SSSR count). The SMILES string of the molecule is COCC(=O)N[C@H]1CN(Cc2cnn(C)c2)C[C@@H]2C[C@H](NC(=O)NC(C)C)CN2C1=O. The van der Waals surface area contributed by atoms with Gasteiger partial charge in [-0.25, -0.2) is 4.79 Å². The van der Waals surface area contributed by atoms with Crippen LogP contribution in [0.5, 0.6) is 0 Å². The second-order valence-electron chi connectivity index (χ2n) is 8.62. The molecule has 1 aromatic rings. The Hall–Kier alpha value is -2.66. The first-order chi connectivity index (χ1) is 14.7. The highest BCUT2D eigenvalue weighted by Gasteiger charge is 2.43. The van der Waals surface area contributed by atoms with Crippen molar-refractivity contribution in [1.29, 1.82) is 0 Å². The Balaban J connectivity index is 1.73. The molecule has 4 amide bonds. The van der Waals surface area contributed by atoms with E-state index in [1.807, 2.05) is 27.1 Å². The summed E-state index contributed by atoms with van der Waals surface area (Å²) >= 11 is 0. The summed E-state index contributed by atoms with van der Waals surface area (Å²) < 4.78 is 6.64. The predicted molar refractivity (Wildman–Crippen MR) is 113 cm³/mol. The van der Waals surface area contributed by atoms with Crippen molar-refractivity contribution in [1.82, 2.24) is 35.5 Å². The van der Waals surface area contributed by atoms with Crippen molar-refractivity contribution in [2.24, 2.45) is 7.05 Å². The van der Waals surface area contributed by atoms with Gasteiger partial charge >= 0.3 is 6.03 Å². The summed E-state index contributed by atoms with van der Waals surface area (Å²) in [5, 5.41) is 12.8. The zero-order valence-electron chi connectivity index (χ0n) is 18.6. The van der Waals surface area contributed by atoms with E-state index in [-0.39, 0.29) is 42.6 Å². The molecule has 3 atom stereocenters. The van der Waals surface area contributed by atoms with Gasteiger partial charge in [0.25, 0.3) is 0 Å². The molecule has 0 aromatic carbocycles. The molecule has 2 aliphatic rings. The number of nitrogens with one attached hydrogen (secondary N) is 3. The summed E-state index contributed by atoms with van der Waals surface area (Å²) in [4.78, 5) is 41.5. The quantitative estimate of drug-likeness (QED) is 0.508. The molecule has 172 valence electrons. The molecule has 11 heteroatoms. The van der Waals surface area contributed by atoms with Crippen molar-refractivity contribution in [2.75, 3.05) is 33.4 Å². The Morgan fingerprint density at radius 3 is 2.68 bits per heavy atom. The van der Waals surface area contributed by atoms with Crippen molar-refractivity contribution in [2.45, 2.75) is 51.0 Å². The first kappa shape index (κ1) is 23.0. The number of ether oxygens (including phenoxy) is 1. The third kappa shape index (κ3) is 6.17. The lowest BCUT2D eigenvalue weighted by molar-refractivity contribution is -0.137. The van der Waals surface area contributed by atoms with E-state index in [9.17, 15) is 14.4 Å². The summed E-state index contributed by atoms with van der Waals surface area (Å²) in [6.45, 7) is 5.79. The maximum atomic E-state index is 13.3. The average Bonchev–Trinajstić information content (AvgIpc) is 3.22. The number of aryl methyl sites for hydroxylation is 1. The zero-order valence-corrected chi connectivity index (χ0v) is 18.6. The van der Waals surface area contributed by atoms with Crippen LogP contribution >= 0.6 is 0 Å².